The van der Waals surface area contributed by atoms with E-state index in [1.54, 1.807) is 48.5 Å². The molecule has 4 aromatic carbocycles. The number of rotatable bonds is 8. The molecule has 7 nitrogen and oxygen atoms in total. The van der Waals surface area contributed by atoms with Crippen molar-refractivity contribution in [1.82, 2.24) is 0 Å². The summed E-state index contributed by atoms with van der Waals surface area (Å²) in [5, 5.41) is 5.83. The van der Waals surface area contributed by atoms with E-state index in [1.165, 1.54) is 38.5 Å². The fourth-order valence-corrected chi connectivity index (χ4v) is 5.93. The minimum absolute atomic E-state index is 0.137. The van der Waals surface area contributed by atoms with E-state index in [1.807, 2.05) is 48.5 Å². The van der Waals surface area contributed by atoms with Crippen LogP contribution in [0.1, 0.15) is 75.2 Å². The number of benzene rings is 4. The van der Waals surface area contributed by atoms with Crippen LogP contribution in [0.2, 0.25) is 0 Å². The topological polar surface area (TPSA) is 81.8 Å². The first-order chi connectivity index (χ1) is 21.5. The Morgan fingerprint density at radius 1 is 0.409 bits per heavy atom. The van der Waals surface area contributed by atoms with E-state index in [0.29, 0.717) is 33.6 Å². The zero-order chi connectivity index (χ0) is 30.3. The molecule has 2 saturated heterocycles. The largest absolute Gasteiger partial charge is 0.372 e. The van der Waals surface area contributed by atoms with Gasteiger partial charge in [0.2, 0.25) is 0 Å². The lowest BCUT2D eigenvalue weighted by Gasteiger charge is -2.28. The smallest absolute Gasteiger partial charge is 0.255 e. The lowest BCUT2D eigenvalue weighted by atomic mass is 10.0. The van der Waals surface area contributed by atoms with Crippen LogP contribution in [-0.2, 0) is 0 Å². The van der Waals surface area contributed by atoms with Gasteiger partial charge in [0.1, 0.15) is 0 Å². The number of nitrogens with zero attached hydrogens (tertiary/aromatic N) is 2. The molecule has 224 valence electrons. The van der Waals surface area contributed by atoms with E-state index in [-0.39, 0.29) is 17.6 Å². The SMILES string of the molecule is O=C(Nc1ccc(C(=O)c2ccc(NC(=O)c3ccc(N4CCCCC4)cc3)cc2)cc1)c1ccc(N2CCCCC2)cc1. The van der Waals surface area contributed by atoms with E-state index < -0.39 is 0 Å². The first kappa shape index (κ1) is 29.2. The van der Waals surface area contributed by atoms with E-state index >= 15 is 0 Å². The van der Waals surface area contributed by atoms with Gasteiger partial charge in [0.05, 0.1) is 0 Å². The molecule has 2 amide bonds. The first-order valence-corrected chi connectivity index (χ1v) is 15.6. The summed E-state index contributed by atoms with van der Waals surface area (Å²) in [5.74, 6) is -0.517. The normalized spacial score (nSPS) is 15.0. The van der Waals surface area contributed by atoms with Crippen LogP contribution in [0.15, 0.2) is 97.1 Å². The van der Waals surface area contributed by atoms with Crippen molar-refractivity contribution >= 4 is 40.3 Å². The first-order valence-electron chi connectivity index (χ1n) is 15.6. The van der Waals surface area contributed by atoms with Crippen molar-refractivity contribution in [3.8, 4) is 0 Å². The van der Waals surface area contributed by atoms with E-state index in [2.05, 4.69) is 20.4 Å². The minimum atomic E-state index is -0.190. The fraction of sp³-hybridized carbons (Fsp3) is 0.270. The molecule has 0 bridgehead atoms. The second-order valence-electron chi connectivity index (χ2n) is 11.6. The van der Waals surface area contributed by atoms with Crippen LogP contribution >= 0.6 is 0 Å². The number of carbonyl (C=O) groups is 3. The minimum Gasteiger partial charge on any atom is -0.372 e. The summed E-state index contributed by atoms with van der Waals surface area (Å²) in [6.45, 7) is 4.24. The van der Waals surface area contributed by atoms with Crippen molar-refractivity contribution in [3.05, 3.63) is 119 Å². The number of piperidine rings is 2. The van der Waals surface area contributed by atoms with Crippen molar-refractivity contribution in [1.29, 1.82) is 0 Å². The predicted octanol–water partition coefficient (Wildman–Crippen LogP) is 7.40. The molecule has 2 fully saturated rings. The molecule has 2 heterocycles. The Kier molecular flexibility index (Phi) is 9.01. The van der Waals surface area contributed by atoms with Crippen molar-refractivity contribution in [2.75, 3.05) is 46.6 Å². The number of anilines is 4. The van der Waals surface area contributed by atoms with Gasteiger partial charge in [-0.15, -0.1) is 0 Å². The van der Waals surface area contributed by atoms with Crippen molar-refractivity contribution in [2.45, 2.75) is 38.5 Å². The van der Waals surface area contributed by atoms with Gasteiger partial charge >= 0.3 is 0 Å². The quantitative estimate of drug-likeness (QED) is 0.210. The molecule has 6 rings (SSSR count). The summed E-state index contributed by atoms with van der Waals surface area (Å²) in [6.07, 6.45) is 7.39. The Balaban J connectivity index is 1.02. The van der Waals surface area contributed by atoms with Crippen LogP contribution < -0.4 is 20.4 Å². The summed E-state index contributed by atoms with van der Waals surface area (Å²) in [7, 11) is 0. The Bertz CT molecular complexity index is 1460. The standard InChI is InChI=1S/C37H38N4O3/c42-35(27-7-15-31(16-8-27)38-36(43)29-11-19-33(20-12-29)40-23-3-1-4-24-40)28-9-17-32(18-10-28)39-37(44)30-13-21-34(22-14-30)41-25-5-2-6-26-41/h7-22H,1-6,23-26H2,(H,38,43)(H,39,44). The van der Waals surface area contributed by atoms with Gasteiger partial charge in [-0.3, -0.25) is 14.4 Å². The second-order valence-corrected chi connectivity index (χ2v) is 11.6. The maximum Gasteiger partial charge on any atom is 0.255 e. The number of ketones is 1. The van der Waals surface area contributed by atoms with Crippen LogP contribution in [0, 0.1) is 0 Å². The third-order valence-corrected chi connectivity index (χ3v) is 8.51. The molecular weight excluding hydrogens is 548 g/mol. The van der Waals surface area contributed by atoms with E-state index in [4.69, 9.17) is 0 Å². The number of amides is 2. The van der Waals surface area contributed by atoms with Gasteiger partial charge in [-0.25, -0.2) is 0 Å². The number of carbonyl (C=O) groups excluding carboxylic acids is 3. The Hall–Kier alpha value is -4.91. The number of nitrogens with one attached hydrogen (secondary N) is 2. The number of hydrogen-bond acceptors (Lipinski definition) is 5. The van der Waals surface area contributed by atoms with Crippen molar-refractivity contribution in [2.24, 2.45) is 0 Å². The summed E-state index contributed by atoms with van der Waals surface area (Å²) in [6, 6.07) is 29.2. The fourth-order valence-electron chi connectivity index (χ4n) is 5.93. The van der Waals surface area contributed by atoms with Crippen LogP contribution in [0.3, 0.4) is 0 Å². The average Bonchev–Trinajstić information content (AvgIpc) is 3.09. The summed E-state index contributed by atoms with van der Waals surface area (Å²) in [5.41, 5.74) is 5.75. The Morgan fingerprint density at radius 3 is 1.07 bits per heavy atom. The van der Waals surface area contributed by atoms with Crippen LogP contribution in [0.5, 0.6) is 0 Å². The van der Waals surface area contributed by atoms with Crippen LogP contribution in [0.25, 0.3) is 0 Å². The maximum absolute atomic E-state index is 13.1. The molecule has 0 radical (unpaired) electrons. The molecule has 2 aliphatic rings. The van der Waals surface area contributed by atoms with E-state index in [9.17, 15) is 14.4 Å². The van der Waals surface area contributed by atoms with Gasteiger partial charge in [0.25, 0.3) is 11.8 Å². The zero-order valence-corrected chi connectivity index (χ0v) is 24.9. The average molecular weight is 587 g/mol. The second kappa shape index (κ2) is 13.6. The molecule has 0 unspecified atom stereocenters. The molecule has 2 aliphatic heterocycles. The molecule has 0 saturated carbocycles. The molecule has 44 heavy (non-hydrogen) atoms. The molecule has 0 aliphatic carbocycles. The Labute approximate surface area is 258 Å². The van der Waals surface area contributed by atoms with Gasteiger partial charge in [-0.05, 0) is 136 Å². The molecular formula is C37H38N4O3. The van der Waals surface area contributed by atoms with Gasteiger partial charge in [-0.2, -0.15) is 0 Å². The highest BCUT2D eigenvalue weighted by Crippen LogP contribution is 2.23. The molecule has 7 heteroatoms. The Morgan fingerprint density at radius 2 is 0.727 bits per heavy atom. The summed E-state index contributed by atoms with van der Waals surface area (Å²) in [4.78, 5) is 43.4. The highest BCUT2D eigenvalue weighted by atomic mass is 16.2. The van der Waals surface area contributed by atoms with Crippen LogP contribution in [0.4, 0.5) is 22.7 Å². The van der Waals surface area contributed by atoms with Gasteiger partial charge in [0, 0.05) is 71.2 Å². The van der Waals surface area contributed by atoms with Crippen molar-refractivity contribution in [3.63, 3.8) is 0 Å². The molecule has 2 N–H and O–H groups in total. The summed E-state index contributed by atoms with van der Waals surface area (Å²) < 4.78 is 0. The monoisotopic (exact) mass is 586 g/mol. The van der Waals surface area contributed by atoms with Gasteiger partial charge in [0.15, 0.2) is 5.78 Å². The van der Waals surface area contributed by atoms with E-state index in [0.717, 1.165) is 37.6 Å². The van der Waals surface area contributed by atoms with Crippen LogP contribution in [-0.4, -0.2) is 43.8 Å². The number of hydrogen-bond donors (Lipinski definition) is 2. The zero-order valence-electron chi connectivity index (χ0n) is 24.9. The highest BCUT2D eigenvalue weighted by molar-refractivity contribution is 6.10. The lowest BCUT2D eigenvalue weighted by molar-refractivity contribution is 0.101. The van der Waals surface area contributed by atoms with Crippen molar-refractivity contribution < 1.29 is 14.4 Å². The lowest BCUT2D eigenvalue weighted by Crippen LogP contribution is -2.29. The summed E-state index contributed by atoms with van der Waals surface area (Å²) >= 11 is 0. The predicted molar refractivity (Wildman–Crippen MR) is 177 cm³/mol. The molecule has 0 aromatic heterocycles. The third-order valence-electron chi connectivity index (χ3n) is 8.51. The van der Waals surface area contributed by atoms with Gasteiger partial charge in [-0.1, -0.05) is 0 Å². The third kappa shape index (κ3) is 7.00. The van der Waals surface area contributed by atoms with Gasteiger partial charge < -0.3 is 20.4 Å². The molecule has 0 spiro atoms. The maximum atomic E-state index is 13.1. The highest BCUT2D eigenvalue weighted by Gasteiger charge is 2.15. The molecule has 0 atom stereocenters. The molecule has 4 aromatic rings.